The summed E-state index contributed by atoms with van der Waals surface area (Å²) in [5.74, 6) is -0.0865. The lowest BCUT2D eigenvalue weighted by Gasteiger charge is -2.34. The normalized spacial score (nSPS) is 13.6. The van der Waals surface area contributed by atoms with Crippen molar-refractivity contribution in [1.29, 1.82) is 0 Å². The van der Waals surface area contributed by atoms with Gasteiger partial charge in [-0.25, -0.2) is 0 Å². The van der Waals surface area contributed by atoms with Crippen LogP contribution in [0.3, 0.4) is 0 Å². The van der Waals surface area contributed by atoms with Crippen LogP contribution < -0.4 is 5.73 Å². The van der Waals surface area contributed by atoms with Crippen LogP contribution in [-0.4, -0.2) is 11.7 Å². The van der Waals surface area contributed by atoms with Gasteiger partial charge in [0.2, 0.25) is 5.91 Å². The SMILES string of the molecule is CC(C)(CC(=O)C(C)(C)C)CC(C)(C)C(N)=O. The summed E-state index contributed by atoms with van der Waals surface area (Å²) in [6.45, 7) is 13.5. The number of rotatable bonds is 5. The number of nitrogens with two attached hydrogens (primary N) is 1. The van der Waals surface area contributed by atoms with Crippen LogP contribution >= 0.6 is 0 Å². The molecule has 3 heteroatoms. The van der Waals surface area contributed by atoms with E-state index in [2.05, 4.69) is 0 Å². The van der Waals surface area contributed by atoms with Gasteiger partial charge in [0.15, 0.2) is 0 Å². The maximum Gasteiger partial charge on any atom is 0.223 e. The minimum atomic E-state index is -0.568. The minimum Gasteiger partial charge on any atom is -0.369 e. The third-order valence-corrected chi connectivity index (χ3v) is 3.06. The summed E-state index contributed by atoms with van der Waals surface area (Å²) in [5.41, 5.74) is 4.27. The summed E-state index contributed by atoms with van der Waals surface area (Å²) in [6.07, 6.45) is 1.10. The van der Waals surface area contributed by atoms with E-state index in [1.54, 1.807) is 0 Å². The van der Waals surface area contributed by atoms with Crippen LogP contribution in [0.5, 0.6) is 0 Å². The highest BCUT2D eigenvalue weighted by Crippen LogP contribution is 2.38. The Morgan fingerprint density at radius 2 is 1.35 bits per heavy atom. The highest BCUT2D eigenvalue weighted by Gasteiger charge is 2.36. The molecule has 0 aliphatic rings. The van der Waals surface area contributed by atoms with E-state index in [0.29, 0.717) is 12.8 Å². The maximum atomic E-state index is 12.0. The molecular weight excluding hydrogens is 214 g/mol. The van der Waals surface area contributed by atoms with Gasteiger partial charge in [-0.15, -0.1) is 0 Å². The number of amides is 1. The van der Waals surface area contributed by atoms with E-state index in [9.17, 15) is 9.59 Å². The number of hydrogen-bond donors (Lipinski definition) is 1. The predicted molar refractivity (Wildman–Crippen MR) is 70.5 cm³/mol. The Hall–Kier alpha value is -0.860. The topological polar surface area (TPSA) is 60.2 Å². The fourth-order valence-corrected chi connectivity index (χ4v) is 2.05. The number of carbonyl (C=O) groups excluding carboxylic acids is 2. The summed E-state index contributed by atoms with van der Waals surface area (Å²) < 4.78 is 0. The van der Waals surface area contributed by atoms with Gasteiger partial charge >= 0.3 is 0 Å². The second kappa shape index (κ2) is 4.79. The number of Topliss-reactive ketones (excluding diaryl/α,β-unsaturated/α-hetero) is 1. The van der Waals surface area contributed by atoms with Gasteiger partial charge < -0.3 is 5.73 Å². The van der Waals surface area contributed by atoms with Crippen LogP contribution in [0, 0.1) is 16.2 Å². The van der Waals surface area contributed by atoms with Crippen molar-refractivity contribution in [2.45, 2.75) is 61.3 Å². The number of ketones is 1. The molecule has 0 atom stereocenters. The first kappa shape index (κ1) is 16.1. The molecule has 0 saturated heterocycles. The molecule has 2 N–H and O–H groups in total. The van der Waals surface area contributed by atoms with Gasteiger partial charge in [0.05, 0.1) is 0 Å². The third kappa shape index (κ3) is 5.33. The molecule has 0 spiro atoms. The second-order valence-electron chi connectivity index (χ2n) is 7.44. The summed E-state index contributed by atoms with van der Waals surface area (Å²) >= 11 is 0. The molecule has 1 amide bonds. The largest absolute Gasteiger partial charge is 0.369 e. The van der Waals surface area contributed by atoms with Crippen LogP contribution in [0.1, 0.15) is 61.3 Å². The summed E-state index contributed by atoms with van der Waals surface area (Å²) in [6, 6.07) is 0. The van der Waals surface area contributed by atoms with Gasteiger partial charge in [-0.1, -0.05) is 48.5 Å². The van der Waals surface area contributed by atoms with Crippen molar-refractivity contribution < 1.29 is 9.59 Å². The highest BCUT2D eigenvalue weighted by molar-refractivity contribution is 5.84. The molecule has 0 aromatic rings. The molecule has 3 nitrogen and oxygen atoms in total. The zero-order chi connectivity index (χ0) is 14.1. The fourth-order valence-electron chi connectivity index (χ4n) is 2.05. The molecule has 0 aromatic carbocycles. The molecule has 0 unspecified atom stereocenters. The lowest BCUT2D eigenvalue weighted by molar-refractivity contribution is -0.132. The molecule has 0 radical (unpaired) electrons. The second-order valence-corrected chi connectivity index (χ2v) is 7.44. The Bertz CT molecular complexity index is 309. The van der Waals surface area contributed by atoms with Crippen molar-refractivity contribution in [2.24, 2.45) is 22.0 Å². The van der Waals surface area contributed by atoms with E-state index in [1.807, 2.05) is 48.5 Å². The molecule has 17 heavy (non-hydrogen) atoms. The van der Waals surface area contributed by atoms with Gasteiger partial charge in [0.1, 0.15) is 5.78 Å². The molecule has 100 valence electrons. The van der Waals surface area contributed by atoms with Crippen LogP contribution in [0.2, 0.25) is 0 Å². The van der Waals surface area contributed by atoms with Crippen molar-refractivity contribution in [3.8, 4) is 0 Å². The van der Waals surface area contributed by atoms with Crippen molar-refractivity contribution >= 4 is 11.7 Å². The van der Waals surface area contributed by atoms with E-state index in [4.69, 9.17) is 5.73 Å². The number of hydrogen-bond acceptors (Lipinski definition) is 2. The molecule has 0 aliphatic heterocycles. The molecule has 0 heterocycles. The Morgan fingerprint density at radius 3 is 1.65 bits per heavy atom. The molecule has 0 aliphatic carbocycles. The Balaban J connectivity index is 4.72. The van der Waals surface area contributed by atoms with Crippen molar-refractivity contribution in [1.82, 2.24) is 0 Å². The quantitative estimate of drug-likeness (QED) is 0.804. The van der Waals surface area contributed by atoms with Crippen LogP contribution in [0.25, 0.3) is 0 Å². The monoisotopic (exact) mass is 241 g/mol. The standard InChI is InChI=1S/C14H27NO2/c1-12(2,3)10(16)8-13(4,5)9-14(6,7)11(15)17/h8-9H2,1-7H3,(H2,15,17). The lowest BCUT2D eigenvalue weighted by Crippen LogP contribution is -2.37. The zero-order valence-corrected chi connectivity index (χ0v) is 12.3. The minimum absolute atomic E-state index is 0.205. The highest BCUT2D eigenvalue weighted by atomic mass is 16.1. The van der Waals surface area contributed by atoms with Gasteiger partial charge in [-0.3, -0.25) is 9.59 Å². The zero-order valence-electron chi connectivity index (χ0n) is 12.3. The average molecular weight is 241 g/mol. The van der Waals surface area contributed by atoms with Crippen LogP contribution in [0.15, 0.2) is 0 Å². The third-order valence-electron chi connectivity index (χ3n) is 3.06. The smallest absolute Gasteiger partial charge is 0.223 e. The molecule has 0 rings (SSSR count). The first-order valence-corrected chi connectivity index (χ1v) is 6.11. The van der Waals surface area contributed by atoms with Gasteiger partial charge in [0.25, 0.3) is 0 Å². The Kier molecular flexibility index (Phi) is 4.55. The molecule has 0 bridgehead atoms. The number of carbonyl (C=O) groups is 2. The van der Waals surface area contributed by atoms with E-state index in [0.717, 1.165) is 0 Å². The number of primary amides is 1. The molecular formula is C14H27NO2. The summed E-state index contributed by atoms with van der Waals surface area (Å²) in [5, 5.41) is 0. The van der Waals surface area contributed by atoms with E-state index < -0.39 is 5.41 Å². The first-order valence-electron chi connectivity index (χ1n) is 6.11. The molecule has 0 aromatic heterocycles. The molecule has 0 fully saturated rings. The van der Waals surface area contributed by atoms with Gasteiger partial charge in [0, 0.05) is 17.3 Å². The van der Waals surface area contributed by atoms with Crippen molar-refractivity contribution in [3.63, 3.8) is 0 Å². The maximum absolute atomic E-state index is 12.0. The Labute approximate surface area is 105 Å². The van der Waals surface area contributed by atoms with Gasteiger partial charge in [-0.05, 0) is 11.8 Å². The van der Waals surface area contributed by atoms with Crippen molar-refractivity contribution in [2.75, 3.05) is 0 Å². The van der Waals surface area contributed by atoms with Crippen LogP contribution in [0.4, 0.5) is 0 Å². The van der Waals surface area contributed by atoms with E-state index in [1.165, 1.54) is 0 Å². The van der Waals surface area contributed by atoms with Crippen LogP contribution in [-0.2, 0) is 9.59 Å². The molecule has 0 saturated carbocycles. The van der Waals surface area contributed by atoms with E-state index >= 15 is 0 Å². The van der Waals surface area contributed by atoms with Gasteiger partial charge in [-0.2, -0.15) is 0 Å². The average Bonchev–Trinajstić information content (AvgIpc) is 1.98. The summed E-state index contributed by atoms with van der Waals surface area (Å²) in [4.78, 5) is 23.3. The lowest BCUT2D eigenvalue weighted by atomic mass is 9.70. The summed E-state index contributed by atoms with van der Waals surface area (Å²) in [7, 11) is 0. The predicted octanol–water partition coefficient (Wildman–Crippen LogP) is 2.92. The Morgan fingerprint density at radius 1 is 0.941 bits per heavy atom. The van der Waals surface area contributed by atoms with Crippen molar-refractivity contribution in [3.05, 3.63) is 0 Å². The first-order chi connectivity index (χ1) is 7.28. The fraction of sp³-hybridized carbons (Fsp3) is 0.857. The van der Waals surface area contributed by atoms with E-state index in [-0.39, 0.29) is 22.5 Å².